The predicted octanol–water partition coefficient (Wildman–Crippen LogP) is 3.12. The van der Waals surface area contributed by atoms with Gasteiger partial charge in [0.25, 0.3) is 5.91 Å². The molecule has 23 heavy (non-hydrogen) atoms. The number of anilines is 1. The van der Waals surface area contributed by atoms with E-state index < -0.39 is 12.5 Å². The van der Waals surface area contributed by atoms with Gasteiger partial charge < -0.3 is 14.8 Å². The Labute approximate surface area is 130 Å². The van der Waals surface area contributed by atoms with E-state index in [2.05, 4.69) is 10.1 Å². The van der Waals surface area contributed by atoms with Crippen molar-refractivity contribution in [1.82, 2.24) is 0 Å². The predicted molar refractivity (Wildman–Crippen MR) is 79.0 cm³/mol. The molecule has 0 aromatic heterocycles. The van der Waals surface area contributed by atoms with Gasteiger partial charge >= 0.3 is 6.61 Å². The van der Waals surface area contributed by atoms with E-state index in [0.717, 1.165) is 0 Å². The van der Waals surface area contributed by atoms with Crippen LogP contribution in [0.15, 0.2) is 48.5 Å². The zero-order valence-corrected chi connectivity index (χ0v) is 11.9. The molecule has 2 aromatic carbocycles. The van der Waals surface area contributed by atoms with Gasteiger partial charge in [0.2, 0.25) is 0 Å². The molecule has 2 aromatic rings. The largest absolute Gasteiger partial charge is 0.483 e. The van der Waals surface area contributed by atoms with Gasteiger partial charge in [-0.3, -0.25) is 9.59 Å². The molecule has 120 valence electrons. The van der Waals surface area contributed by atoms with Crippen LogP contribution in [0.4, 0.5) is 14.5 Å². The van der Waals surface area contributed by atoms with Crippen molar-refractivity contribution < 1.29 is 27.8 Å². The molecule has 0 bridgehead atoms. The first kappa shape index (κ1) is 16.4. The summed E-state index contributed by atoms with van der Waals surface area (Å²) in [4.78, 5) is 22.7. The maximum atomic E-state index is 12.3. The Balaban J connectivity index is 1.99. The van der Waals surface area contributed by atoms with Gasteiger partial charge in [0.1, 0.15) is 11.5 Å². The van der Waals surface area contributed by atoms with Gasteiger partial charge in [-0.15, -0.1) is 0 Å². The number of halogens is 2. The van der Waals surface area contributed by atoms with E-state index in [0.29, 0.717) is 11.8 Å². The molecule has 0 unspecified atom stereocenters. The summed E-state index contributed by atoms with van der Waals surface area (Å²) in [6, 6.07) is 12.2. The number of rotatable bonds is 7. The van der Waals surface area contributed by atoms with E-state index >= 15 is 0 Å². The monoisotopic (exact) mass is 321 g/mol. The molecular weight excluding hydrogens is 308 g/mol. The number of nitrogens with one attached hydrogen (secondary N) is 1. The highest BCUT2D eigenvalue weighted by Crippen LogP contribution is 2.25. The average molecular weight is 321 g/mol. The number of hydrogen-bond acceptors (Lipinski definition) is 4. The van der Waals surface area contributed by atoms with Crippen molar-refractivity contribution in [2.24, 2.45) is 0 Å². The van der Waals surface area contributed by atoms with Crippen LogP contribution in [0.2, 0.25) is 0 Å². The van der Waals surface area contributed by atoms with Crippen molar-refractivity contribution in [2.75, 3.05) is 11.9 Å². The van der Waals surface area contributed by atoms with Crippen molar-refractivity contribution in [3.63, 3.8) is 0 Å². The van der Waals surface area contributed by atoms with E-state index in [-0.39, 0.29) is 23.8 Å². The average Bonchev–Trinajstić information content (AvgIpc) is 2.54. The highest BCUT2D eigenvalue weighted by atomic mass is 19.3. The number of para-hydroxylation sites is 3. The summed E-state index contributed by atoms with van der Waals surface area (Å²) in [6.07, 6.45) is 0.610. The normalized spacial score (nSPS) is 10.2. The van der Waals surface area contributed by atoms with Gasteiger partial charge in [0, 0.05) is 0 Å². The lowest BCUT2D eigenvalue weighted by atomic mass is 10.2. The van der Waals surface area contributed by atoms with Crippen LogP contribution < -0.4 is 14.8 Å². The number of alkyl halides is 2. The number of hydrogen-bond donors (Lipinski definition) is 1. The number of carbonyl (C=O) groups excluding carboxylic acids is 2. The van der Waals surface area contributed by atoms with Crippen LogP contribution in [0.3, 0.4) is 0 Å². The lowest BCUT2D eigenvalue weighted by Crippen LogP contribution is -2.21. The Morgan fingerprint density at radius 2 is 1.74 bits per heavy atom. The maximum absolute atomic E-state index is 12.3. The van der Waals surface area contributed by atoms with Crippen molar-refractivity contribution in [2.45, 2.75) is 6.61 Å². The first-order chi connectivity index (χ1) is 11.1. The molecule has 2 rings (SSSR count). The molecule has 1 N–H and O–H groups in total. The molecule has 0 saturated heterocycles. The third-order valence-corrected chi connectivity index (χ3v) is 2.78. The smallest absolute Gasteiger partial charge is 0.387 e. The number of ether oxygens (including phenoxy) is 2. The van der Waals surface area contributed by atoms with Crippen molar-refractivity contribution in [1.29, 1.82) is 0 Å². The highest BCUT2D eigenvalue weighted by Gasteiger charge is 2.12. The Morgan fingerprint density at radius 3 is 2.43 bits per heavy atom. The van der Waals surface area contributed by atoms with E-state index in [1.165, 1.54) is 18.2 Å². The van der Waals surface area contributed by atoms with Crippen LogP contribution >= 0.6 is 0 Å². The Bertz CT molecular complexity index is 691. The number of carbonyl (C=O) groups is 2. The first-order valence-electron chi connectivity index (χ1n) is 6.61. The van der Waals surface area contributed by atoms with Crippen LogP contribution in [0.5, 0.6) is 11.5 Å². The summed E-state index contributed by atoms with van der Waals surface area (Å²) < 4.78 is 34.2. The fraction of sp³-hybridized carbons (Fsp3) is 0.125. The first-order valence-corrected chi connectivity index (χ1v) is 6.61. The molecule has 0 aliphatic heterocycles. The summed E-state index contributed by atoms with van der Waals surface area (Å²) in [5.41, 5.74) is 0.409. The van der Waals surface area contributed by atoms with Crippen molar-refractivity contribution in [3.8, 4) is 11.5 Å². The summed E-state index contributed by atoms with van der Waals surface area (Å²) in [7, 11) is 0. The van der Waals surface area contributed by atoms with Gasteiger partial charge in [-0.05, 0) is 24.3 Å². The van der Waals surface area contributed by atoms with E-state index in [4.69, 9.17) is 4.74 Å². The van der Waals surface area contributed by atoms with E-state index in [9.17, 15) is 18.4 Å². The molecular formula is C16H13F2NO4. The molecule has 0 saturated carbocycles. The summed E-state index contributed by atoms with van der Waals surface area (Å²) >= 11 is 0. The molecule has 7 heteroatoms. The zero-order valence-electron chi connectivity index (χ0n) is 11.9. The molecule has 1 amide bonds. The third kappa shape index (κ3) is 4.77. The maximum Gasteiger partial charge on any atom is 0.387 e. The zero-order chi connectivity index (χ0) is 16.7. The second-order valence-electron chi connectivity index (χ2n) is 4.37. The van der Waals surface area contributed by atoms with Gasteiger partial charge in [-0.2, -0.15) is 8.78 Å². The minimum atomic E-state index is -3.00. The van der Waals surface area contributed by atoms with Crippen LogP contribution in [0.1, 0.15) is 10.4 Å². The second-order valence-corrected chi connectivity index (χ2v) is 4.37. The summed E-state index contributed by atoms with van der Waals surface area (Å²) in [6.45, 7) is -3.38. The summed E-state index contributed by atoms with van der Waals surface area (Å²) in [5.74, 6) is -0.463. The van der Waals surface area contributed by atoms with E-state index in [1.54, 1.807) is 30.3 Å². The molecule has 0 fully saturated rings. The topological polar surface area (TPSA) is 64.6 Å². The van der Waals surface area contributed by atoms with Gasteiger partial charge in [-0.1, -0.05) is 24.3 Å². The Morgan fingerprint density at radius 1 is 1.09 bits per heavy atom. The number of aldehydes is 1. The fourth-order valence-corrected chi connectivity index (χ4v) is 1.81. The molecule has 0 spiro atoms. The Kier molecular flexibility index (Phi) is 5.62. The SMILES string of the molecule is O=Cc1ccccc1OCC(=O)Nc1ccccc1OC(F)F. The molecule has 0 atom stereocenters. The van der Waals surface area contributed by atoms with Gasteiger partial charge in [0.15, 0.2) is 12.9 Å². The lowest BCUT2D eigenvalue weighted by Gasteiger charge is -2.12. The molecule has 0 heterocycles. The van der Waals surface area contributed by atoms with Crippen LogP contribution in [0.25, 0.3) is 0 Å². The number of amides is 1. The lowest BCUT2D eigenvalue weighted by molar-refractivity contribution is -0.118. The third-order valence-electron chi connectivity index (χ3n) is 2.78. The Hall–Kier alpha value is -2.96. The molecule has 5 nitrogen and oxygen atoms in total. The fourth-order valence-electron chi connectivity index (χ4n) is 1.81. The standard InChI is InChI=1S/C16H13F2NO4/c17-16(18)23-14-8-4-2-6-12(14)19-15(21)10-22-13-7-3-1-5-11(13)9-20/h1-9,16H,10H2,(H,19,21). The number of benzene rings is 2. The second kappa shape index (κ2) is 7.88. The van der Waals surface area contributed by atoms with Gasteiger partial charge in [0.05, 0.1) is 11.3 Å². The van der Waals surface area contributed by atoms with Gasteiger partial charge in [-0.25, -0.2) is 0 Å². The van der Waals surface area contributed by atoms with Crippen LogP contribution in [-0.4, -0.2) is 25.4 Å². The van der Waals surface area contributed by atoms with Crippen LogP contribution in [-0.2, 0) is 4.79 Å². The quantitative estimate of drug-likeness (QED) is 0.796. The molecule has 0 aliphatic carbocycles. The van der Waals surface area contributed by atoms with Crippen molar-refractivity contribution >= 4 is 17.9 Å². The molecule has 0 radical (unpaired) electrons. The van der Waals surface area contributed by atoms with Crippen molar-refractivity contribution in [3.05, 3.63) is 54.1 Å². The summed E-state index contributed by atoms with van der Waals surface area (Å²) in [5, 5.41) is 2.41. The van der Waals surface area contributed by atoms with E-state index in [1.807, 2.05) is 0 Å². The minimum Gasteiger partial charge on any atom is -0.483 e. The highest BCUT2D eigenvalue weighted by molar-refractivity contribution is 5.93. The molecule has 0 aliphatic rings. The minimum absolute atomic E-state index is 0.102. The van der Waals surface area contributed by atoms with Crippen LogP contribution in [0, 0.1) is 0 Å².